The quantitative estimate of drug-likeness (QED) is 0.773. The Hall–Kier alpha value is -1.72. The first-order valence-corrected chi connectivity index (χ1v) is 8.93. The van der Waals surface area contributed by atoms with Crippen LogP contribution >= 0.6 is 0 Å². The van der Waals surface area contributed by atoms with Gasteiger partial charge >= 0.3 is 0 Å². The topological polar surface area (TPSA) is 49.9 Å². The Bertz CT molecular complexity index is 733. The number of piperidine rings is 1. The van der Waals surface area contributed by atoms with Gasteiger partial charge in [-0.2, -0.15) is 5.06 Å². The van der Waals surface area contributed by atoms with Crippen LogP contribution in [0.3, 0.4) is 0 Å². The zero-order valence-electron chi connectivity index (χ0n) is 16.1. The molecule has 0 aliphatic carbocycles. The van der Waals surface area contributed by atoms with Crippen molar-refractivity contribution in [1.29, 1.82) is 0 Å². The molecule has 2 aliphatic heterocycles. The number of carbonyl (C=O) groups is 2. The Kier molecular flexibility index (Phi) is 4.50. The second-order valence-corrected chi connectivity index (χ2v) is 7.51. The predicted octanol–water partition coefficient (Wildman–Crippen LogP) is 2.44. The Labute approximate surface area is 149 Å². The highest BCUT2D eigenvalue weighted by Gasteiger charge is 2.58. The lowest BCUT2D eigenvalue weighted by atomic mass is 9.78. The lowest BCUT2D eigenvalue weighted by Gasteiger charge is -2.41. The van der Waals surface area contributed by atoms with Gasteiger partial charge in [-0.3, -0.25) is 9.59 Å². The van der Waals surface area contributed by atoms with E-state index >= 15 is 0 Å². The molecule has 2 saturated heterocycles. The molecule has 0 aromatic heterocycles. The molecule has 0 saturated carbocycles. The average molecular weight is 344 g/mol. The first-order valence-electron chi connectivity index (χ1n) is 8.93. The van der Waals surface area contributed by atoms with Crippen molar-refractivity contribution in [3.8, 4) is 0 Å². The maximum atomic E-state index is 13.5. The van der Waals surface area contributed by atoms with E-state index < -0.39 is 11.5 Å². The summed E-state index contributed by atoms with van der Waals surface area (Å²) in [6.45, 7) is 9.51. The van der Waals surface area contributed by atoms with E-state index in [-0.39, 0.29) is 11.7 Å². The molecule has 25 heavy (non-hydrogen) atoms. The number of rotatable bonds is 2. The van der Waals surface area contributed by atoms with Crippen LogP contribution in [0.2, 0.25) is 0 Å². The number of likely N-dealkylation sites (N-methyl/N-ethyl adjacent to an activating group) is 1. The molecule has 0 radical (unpaired) electrons. The van der Waals surface area contributed by atoms with Crippen LogP contribution in [0.1, 0.15) is 46.6 Å². The number of hydroxylamine groups is 2. The summed E-state index contributed by atoms with van der Waals surface area (Å²) in [5.41, 5.74) is 4.70. The number of aryl methyl sites for hydroxylation is 2. The molecule has 1 spiro atoms. The third-order valence-corrected chi connectivity index (χ3v) is 6.45. The van der Waals surface area contributed by atoms with Crippen molar-refractivity contribution in [2.75, 3.05) is 27.2 Å². The predicted molar refractivity (Wildman–Crippen MR) is 96.5 cm³/mol. The van der Waals surface area contributed by atoms with Crippen LogP contribution in [0.5, 0.6) is 0 Å². The number of Topliss-reactive ketones (excluding diaryl/α,β-unsaturated/α-hetero) is 1. The number of likely N-dealkylation sites (tertiary alicyclic amines) is 1. The minimum Gasteiger partial charge on any atom is -0.332 e. The van der Waals surface area contributed by atoms with Crippen molar-refractivity contribution in [2.45, 2.75) is 52.0 Å². The molecule has 2 fully saturated rings. The molecule has 0 N–H and O–H groups in total. The third kappa shape index (κ3) is 2.52. The number of hydrogen-bond acceptors (Lipinski definition) is 4. The summed E-state index contributed by atoms with van der Waals surface area (Å²) in [5, 5.41) is 1.86. The van der Waals surface area contributed by atoms with E-state index in [0.717, 1.165) is 16.7 Å². The molecule has 0 bridgehead atoms. The number of carbonyl (C=O) groups excluding carboxylic acids is 2. The summed E-state index contributed by atoms with van der Waals surface area (Å²) >= 11 is 0. The molecule has 1 atom stereocenters. The first kappa shape index (κ1) is 18.1. The summed E-state index contributed by atoms with van der Waals surface area (Å²) < 4.78 is 0. The lowest BCUT2D eigenvalue weighted by molar-refractivity contribution is -0.165. The molecule has 3 rings (SSSR count). The molecule has 1 amide bonds. The summed E-state index contributed by atoms with van der Waals surface area (Å²) in [5.74, 6) is -0.672. The van der Waals surface area contributed by atoms with E-state index in [9.17, 15) is 9.59 Å². The van der Waals surface area contributed by atoms with Gasteiger partial charge in [0.2, 0.25) is 5.91 Å². The molecular weight excluding hydrogens is 316 g/mol. The zero-order chi connectivity index (χ0) is 18.5. The molecule has 2 heterocycles. The minimum absolute atomic E-state index is 0.0604. The van der Waals surface area contributed by atoms with Gasteiger partial charge in [0, 0.05) is 20.1 Å². The second kappa shape index (κ2) is 6.22. The van der Waals surface area contributed by atoms with Crippen molar-refractivity contribution < 1.29 is 14.4 Å². The second-order valence-electron chi connectivity index (χ2n) is 7.51. The molecule has 1 aromatic carbocycles. The van der Waals surface area contributed by atoms with Gasteiger partial charge in [0.25, 0.3) is 0 Å². The molecule has 2 aliphatic rings. The van der Waals surface area contributed by atoms with E-state index in [1.54, 1.807) is 19.1 Å². The van der Waals surface area contributed by atoms with Crippen LogP contribution in [0, 0.1) is 27.7 Å². The Morgan fingerprint density at radius 3 is 2.20 bits per heavy atom. The number of amides is 1. The van der Waals surface area contributed by atoms with E-state index in [2.05, 4.69) is 19.9 Å². The smallest absolute Gasteiger partial charge is 0.238 e. The maximum absolute atomic E-state index is 13.5. The first-order chi connectivity index (χ1) is 11.7. The number of ketones is 1. The standard InChI is InChI=1S/C20H28N2O3/c1-12-11-13(2)16(15(4)14(12)3)17-18(23)20(21(5)19(17)24)7-9-22(25-6)10-8-20/h11,17H,7-10H2,1-6H3. The highest BCUT2D eigenvalue weighted by atomic mass is 16.7. The van der Waals surface area contributed by atoms with E-state index in [1.165, 1.54) is 11.1 Å². The largest absolute Gasteiger partial charge is 0.332 e. The minimum atomic E-state index is -0.686. The summed E-state index contributed by atoms with van der Waals surface area (Å²) in [6, 6.07) is 2.09. The fourth-order valence-corrected chi connectivity index (χ4v) is 4.57. The molecule has 136 valence electrons. The highest BCUT2D eigenvalue weighted by Crippen LogP contribution is 2.44. The van der Waals surface area contributed by atoms with Gasteiger partial charge in [-0.15, -0.1) is 0 Å². The van der Waals surface area contributed by atoms with Gasteiger partial charge in [0.15, 0.2) is 5.78 Å². The van der Waals surface area contributed by atoms with Crippen LogP contribution < -0.4 is 0 Å². The van der Waals surface area contributed by atoms with Crippen molar-refractivity contribution in [3.05, 3.63) is 33.9 Å². The summed E-state index contributed by atoms with van der Waals surface area (Å²) in [7, 11) is 3.43. The van der Waals surface area contributed by atoms with Gasteiger partial charge in [0.05, 0.1) is 7.11 Å². The average Bonchev–Trinajstić information content (AvgIpc) is 2.77. The molecule has 5 nitrogen and oxygen atoms in total. The van der Waals surface area contributed by atoms with E-state index in [0.29, 0.717) is 25.9 Å². The Balaban J connectivity index is 2.05. The van der Waals surface area contributed by atoms with Crippen LogP contribution in [0.4, 0.5) is 0 Å². The third-order valence-electron chi connectivity index (χ3n) is 6.45. The summed E-state index contributed by atoms with van der Waals surface area (Å²) in [6.07, 6.45) is 1.25. The van der Waals surface area contributed by atoms with Gasteiger partial charge in [0.1, 0.15) is 11.5 Å². The SMILES string of the molecule is CON1CCC2(CC1)C(=O)C(c1c(C)cc(C)c(C)c1C)C(=O)N2C. The molecule has 1 aromatic rings. The molecular formula is C20H28N2O3. The van der Waals surface area contributed by atoms with E-state index in [4.69, 9.17) is 4.84 Å². The monoisotopic (exact) mass is 344 g/mol. The normalized spacial score (nSPS) is 23.8. The zero-order valence-corrected chi connectivity index (χ0v) is 16.1. The number of hydrogen-bond donors (Lipinski definition) is 0. The highest BCUT2D eigenvalue weighted by molar-refractivity contribution is 6.17. The molecule has 5 heteroatoms. The maximum Gasteiger partial charge on any atom is 0.238 e. The Morgan fingerprint density at radius 2 is 1.64 bits per heavy atom. The molecule has 1 unspecified atom stereocenters. The van der Waals surface area contributed by atoms with Crippen LogP contribution in [0.15, 0.2) is 6.07 Å². The fourth-order valence-electron chi connectivity index (χ4n) is 4.57. The summed E-state index contributed by atoms with van der Waals surface area (Å²) in [4.78, 5) is 33.6. The lowest BCUT2D eigenvalue weighted by Crippen LogP contribution is -2.54. The van der Waals surface area contributed by atoms with Gasteiger partial charge in [-0.1, -0.05) is 6.07 Å². The van der Waals surface area contributed by atoms with Crippen molar-refractivity contribution in [3.63, 3.8) is 0 Å². The van der Waals surface area contributed by atoms with Crippen LogP contribution in [-0.4, -0.2) is 54.4 Å². The van der Waals surface area contributed by atoms with Crippen LogP contribution in [-0.2, 0) is 14.4 Å². The van der Waals surface area contributed by atoms with Crippen molar-refractivity contribution in [2.24, 2.45) is 0 Å². The van der Waals surface area contributed by atoms with Crippen molar-refractivity contribution in [1.82, 2.24) is 9.96 Å². The van der Waals surface area contributed by atoms with Crippen LogP contribution in [0.25, 0.3) is 0 Å². The number of benzene rings is 1. The van der Waals surface area contributed by atoms with Crippen molar-refractivity contribution >= 4 is 11.7 Å². The van der Waals surface area contributed by atoms with Gasteiger partial charge in [-0.05, 0) is 68.4 Å². The van der Waals surface area contributed by atoms with Gasteiger partial charge in [-0.25, -0.2) is 0 Å². The van der Waals surface area contributed by atoms with E-state index in [1.807, 2.05) is 18.9 Å². The number of nitrogens with zero attached hydrogens (tertiary/aromatic N) is 2. The Morgan fingerprint density at radius 1 is 1.04 bits per heavy atom. The fraction of sp³-hybridized carbons (Fsp3) is 0.600. The van der Waals surface area contributed by atoms with Gasteiger partial charge < -0.3 is 9.74 Å².